The van der Waals surface area contributed by atoms with Crippen LogP contribution in [0.4, 0.5) is 0 Å². The third-order valence-corrected chi connectivity index (χ3v) is 6.56. The Hall–Kier alpha value is -1.16. The summed E-state index contributed by atoms with van der Waals surface area (Å²) in [6.07, 6.45) is 0.440. The second kappa shape index (κ2) is 5.98. The van der Waals surface area contributed by atoms with Crippen LogP contribution in [0.5, 0.6) is 0 Å². The van der Waals surface area contributed by atoms with Gasteiger partial charge >= 0.3 is 0 Å². The number of fused-ring (bicyclic) bond motifs is 5. The minimum Gasteiger partial charge on any atom is -0.388 e. The van der Waals surface area contributed by atoms with E-state index in [0.29, 0.717) is 12.0 Å². The molecule has 0 fully saturated rings. The van der Waals surface area contributed by atoms with E-state index in [1.165, 1.54) is 27.8 Å². The maximum Gasteiger partial charge on any atom is 0.0808 e. The van der Waals surface area contributed by atoms with E-state index in [2.05, 4.69) is 71.9 Å². The normalized spacial score (nSPS) is 25.8. The molecule has 2 nitrogen and oxygen atoms in total. The number of likely N-dealkylation sites (N-methyl/N-ethyl adjacent to an activating group) is 1. The predicted molar refractivity (Wildman–Crippen MR) is 101 cm³/mol. The smallest absolute Gasteiger partial charge is 0.0808 e. The van der Waals surface area contributed by atoms with Crippen molar-refractivity contribution in [3.05, 3.63) is 68.2 Å². The van der Waals surface area contributed by atoms with E-state index in [0.717, 1.165) is 29.5 Å². The highest BCUT2D eigenvalue weighted by Gasteiger charge is 2.42. The van der Waals surface area contributed by atoms with Gasteiger partial charge in [-0.05, 0) is 72.3 Å². The SMILES string of the molecule is CCN1Cc2c(ccc(C)c2C)[C@@H]2c3ccc(Br)cc3C(O)C[C@@H]21. The number of hydrogen-bond acceptors (Lipinski definition) is 2. The molecule has 0 spiro atoms. The molecule has 1 unspecified atom stereocenters. The van der Waals surface area contributed by atoms with Crippen LogP contribution in [0, 0.1) is 13.8 Å². The molecule has 0 saturated carbocycles. The summed E-state index contributed by atoms with van der Waals surface area (Å²) < 4.78 is 1.04. The minimum absolute atomic E-state index is 0.361. The van der Waals surface area contributed by atoms with Gasteiger partial charge in [0.2, 0.25) is 0 Å². The van der Waals surface area contributed by atoms with Gasteiger partial charge in [0.25, 0.3) is 0 Å². The molecule has 0 aromatic heterocycles. The molecule has 3 atom stereocenters. The Morgan fingerprint density at radius 1 is 1.12 bits per heavy atom. The number of hydrogen-bond donors (Lipinski definition) is 1. The van der Waals surface area contributed by atoms with E-state index in [-0.39, 0.29) is 6.10 Å². The molecule has 1 heterocycles. The molecule has 0 bridgehead atoms. The maximum absolute atomic E-state index is 10.7. The van der Waals surface area contributed by atoms with Gasteiger partial charge in [-0.25, -0.2) is 0 Å². The van der Waals surface area contributed by atoms with E-state index in [1.54, 1.807) is 0 Å². The lowest BCUT2D eigenvalue weighted by Crippen LogP contribution is -2.47. The highest BCUT2D eigenvalue weighted by Crippen LogP contribution is 2.48. The van der Waals surface area contributed by atoms with E-state index in [4.69, 9.17) is 0 Å². The molecule has 0 saturated heterocycles. The summed E-state index contributed by atoms with van der Waals surface area (Å²) >= 11 is 3.56. The molecule has 2 aliphatic rings. The summed E-state index contributed by atoms with van der Waals surface area (Å²) in [5.41, 5.74) is 8.13. The first kappa shape index (κ1) is 16.3. The van der Waals surface area contributed by atoms with Gasteiger partial charge in [0.15, 0.2) is 0 Å². The number of aryl methyl sites for hydroxylation is 1. The molecule has 1 aliphatic carbocycles. The first-order chi connectivity index (χ1) is 11.5. The lowest BCUT2D eigenvalue weighted by Gasteiger charge is -2.47. The van der Waals surface area contributed by atoms with Gasteiger partial charge in [0.1, 0.15) is 0 Å². The van der Waals surface area contributed by atoms with Crippen LogP contribution >= 0.6 is 15.9 Å². The van der Waals surface area contributed by atoms with Crippen molar-refractivity contribution in [3.8, 4) is 0 Å². The molecule has 1 N–H and O–H groups in total. The minimum atomic E-state index is -0.374. The van der Waals surface area contributed by atoms with Gasteiger partial charge in [-0.3, -0.25) is 4.90 Å². The van der Waals surface area contributed by atoms with Crippen LogP contribution < -0.4 is 0 Å². The monoisotopic (exact) mass is 385 g/mol. The average molecular weight is 386 g/mol. The molecule has 0 radical (unpaired) electrons. The summed E-state index contributed by atoms with van der Waals surface area (Å²) in [5, 5.41) is 10.7. The third kappa shape index (κ3) is 2.37. The Morgan fingerprint density at radius 3 is 2.62 bits per heavy atom. The second-order valence-corrected chi connectivity index (χ2v) is 8.12. The molecular formula is C21H24BrNO. The van der Waals surface area contributed by atoms with E-state index in [1.807, 2.05) is 0 Å². The highest BCUT2D eigenvalue weighted by atomic mass is 79.9. The fourth-order valence-corrected chi connectivity index (χ4v) is 4.99. The van der Waals surface area contributed by atoms with Crippen molar-refractivity contribution in [1.82, 2.24) is 4.90 Å². The Labute approximate surface area is 152 Å². The fourth-order valence-electron chi connectivity index (χ4n) is 4.61. The Morgan fingerprint density at radius 2 is 1.88 bits per heavy atom. The van der Waals surface area contributed by atoms with Crippen molar-refractivity contribution in [2.24, 2.45) is 0 Å². The lowest BCUT2D eigenvalue weighted by molar-refractivity contribution is 0.0705. The number of aliphatic hydroxyl groups excluding tert-OH is 1. The first-order valence-corrected chi connectivity index (χ1v) is 9.61. The molecular weight excluding hydrogens is 362 g/mol. The average Bonchev–Trinajstić information content (AvgIpc) is 2.57. The number of nitrogens with zero attached hydrogens (tertiary/aromatic N) is 1. The van der Waals surface area contributed by atoms with Gasteiger partial charge in [0, 0.05) is 23.0 Å². The van der Waals surface area contributed by atoms with Crippen LogP contribution in [0.1, 0.15) is 58.7 Å². The van der Waals surface area contributed by atoms with Crippen LogP contribution in [-0.4, -0.2) is 22.6 Å². The summed E-state index contributed by atoms with van der Waals surface area (Å²) in [5.74, 6) is 0.361. The molecule has 126 valence electrons. The van der Waals surface area contributed by atoms with Crippen molar-refractivity contribution < 1.29 is 5.11 Å². The summed E-state index contributed by atoms with van der Waals surface area (Å²) in [6, 6.07) is 11.4. The van der Waals surface area contributed by atoms with Crippen molar-refractivity contribution in [1.29, 1.82) is 0 Å². The second-order valence-electron chi connectivity index (χ2n) is 7.21. The zero-order valence-corrected chi connectivity index (χ0v) is 16.1. The van der Waals surface area contributed by atoms with Gasteiger partial charge in [-0.2, -0.15) is 0 Å². The Bertz CT molecular complexity index is 801. The number of benzene rings is 2. The van der Waals surface area contributed by atoms with E-state index < -0.39 is 0 Å². The molecule has 2 aromatic carbocycles. The van der Waals surface area contributed by atoms with E-state index in [9.17, 15) is 5.11 Å². The number of rotatable bonds is 1. The topological polar surface area (TPSA) is 23.5 Å². The molecule has 4 rings (SSSR count). The molecule has 2 aromatic rings. The van der Waals surface area contributed by atoms with Gasteiger partial charge in [0.05, 0.1) is 6.10 Å². The molecule has 3 heteroatoms. The van der Waals surface area contributed by atoms with Gasteiger partial charge < -0.3 is 5.11 Å². The van der Waals surface area contributed by atoms with Crippen molar-refractivity contribution in [3.63, 3.8) is 0 Å². The zero-order chi connectivity index (χ0) is 17.0. The Kier molecular flexibility index (Phi) is 4.06. The lowest BCUT2D eigenvalue weighted by atomic mass is 9.70. The van der Waals surface area contributed by atoms with Crippen molar-refractivity contribution in [2.45, 2.75) is 51.8 Å². The van der Waals surface area contributed by atoms with Crippen LogP contribution in [0.3, 0.4) is 0 Å². The third-order valence-electron chi connectivity index (χ3n) is 6.07. The van der Waals surface area contributed by atoms with Crippen LogP contribution in [0.15, 0.2) is 34.8 Å². The summed E-state index contributed by atoms with van der Waals surface area (Å²) in [6.45, 7) is 8.71. The summed E-state index contributed by atoms with van der Waals surface area (Å²) in [7, 11) is 0. The van der Waals surface area contributed by atoms with Gasteiger partial charge in [-0.15, -0.1) is 0 Å². The largest absolute Gasteiger partial charge is 0.388 e. The number of halogens is 1. The van der Waals surface area contributed by atoms with E-state index >= 15 is 0 Å². The number of aliphatic hydroxyl groups is 1. The molecule has 0 amide bonds. The van der Waals surface area contributed by atoms with Crippen LogP contribution in [0.25, 0.3) is 0 Å². The quantitative estimate of drug-likeness (QED) is 0.758. The zero-order valence-electron chi connectivity index (χ0n) is 14.5. The van der Waals surface area contributed by atoms with Crippen molar-refractivity contribution in [2.75, 3.05) is 6.54 Å². The van der Waals surface area contributed by atoms with Gasteiger partial charge in [-0.1, -0.05) is 41.1 Å². The summed E-state index contributed by atoms with van der Waals surface area (Å²) in [4.78, 5) is 2.55. The highest BCUT2D eigenvalue weighted by molar-refractivity contribution is 9.10. The Balaban J connectivity index is 1.95. The standard InChI is InChI=1S/C21H24BrNO/c1-4-23-11-18-13(3)12(2)5-7-16(18)21-15-8-6-14(22)9-17(15)20(24)10-19(21)23/h5-9,19-21,24H,4,10-11H2,1-3H3/t19-,20?,21-/m0/s1. The molecule has 24 heavy (non-hydrogen) atoms. The predicted octanol–water partition coefficient (Wildman–Crippen LogP) is 4.84. The van der Waals surface area contributed by atoms with Crippen molar-refractivity contribution >= 4 is 15.9 Å². The first-order valence-electron chi connectivity index (χ1n) is 8.81. The molecule has 1 aliphatic heterocycles. The fraction of sp³-hybridized carbons (Fsp3) is 0.429. The van der Waals surface area contributed by atoms with Crippen LogP contribution in [0.2, 0.25) is 0 Å². The maximum atomic E-state index is 10.7. The van der Waals surface area contributed by atoms with Crippen LogP contribution in [-0.2, 0) is 6.54 Å².